The maximum Gasteiger partial charge on any atom is 0.436 e. The van der Waals surface area contributed by atoms with E-state index in [0.717, 1.165) is 6.07 Å². The molecule has 0 fully saturated rings. The summed E-state index contributed by atoms with van der Waals surface area (Å²) in [6, 6.07) is 0.724. The highest BCUT2D eigenvalue weighted by atomic mass is 19.4. The van der Waals surface area contributed by atoms with Crippen LogP contribution >= 0.6 is 0 Å². The molecule has 0 aliphatic carbocycles. The minimum Gasteiger partial charge on any atom is -0.360 e. The number of carbonyl (C=O) groups excluding carboxylic acids is 1. The Morgan fingerprint density at radius 2 is 2.23 bits per heavy atom. The fourth-order valence-corrected chi connectivity index (χ4v) is 0.775. The van der Waals surface area contributed by atoms with Crippen LogP contribution in [0.1, 0.15) is 18.4 Å². The first-order valence-electron chi connectivity index (χ1n) is 3.42. The maximum absolute atomic E-state index is 11.9. The molecule has 0 radical (unpaired) electrons. The molecule has 6 heteroatoms. The van der Waals surface area contributed by atoms with Crippen LogP contribution in [-0.2, 0) is 17.4 Å². The van der Waals surface area contributed by atoms with Crippen LogP contribution < -0.4 is 0 Å². The Balaban J connectivity index is 2.81. The average molecular weight is 193 g/mol. The summed E-state index contributed by atoms with van der Waals surface area (Å²) in [7, 11) is 0. The molecule has 0 spiro atoms. The van der Waals surface area contributed by atoms with Crippen LogP contribution in [0.3, 0.4) is 0 Å². The van der Waals surface area contributed by atoms with Gasteiger partial charge in [0.15, 0.2) is 5.69 Å². The summed E-state index contributed by atoms with van der Waals surface area (Å²) in [5, 5.41) is 2.79. The van der Waals surface area contributed by atoms with Crippen molar-refractivity contribution in [1.29, 1.82) is 0 Å². The molecule has 1 aromatic heterocycles. The van der Waals surface area contributed by atoms with Crippen LogP contribution in [0.15, 0.2) is 10.6 Å². The quantitative estimate of drug-likeness (QED) is 0.719. The van der Waals surface area contributed by atoms with Crippen molar-refractivity contribution in [3.05, 3.63) is 17.5 Å². The molecule has 0 aliphatic rings. The van der Waals surface area contributed by atoms with Crippen molar-refractivity contribution in [3.63, 3.8) is 0 Å². The third kappa shape index (κ3) is 2.57. The van der Waals surface area contributed by atoms with E-state index in [1.807, 2.05) is 0 Å². The van der Waals surface area contributed by atoms with Crippen molar-refractivity contribution in [3.8, 4) is 0 Å². The van der Waals surface area contributed by atoms with Crippen LogP contribution in [0.4, 0.5) is 13.2 Å². The SMILES string of the molecule is CC(=O)Cc1cc(C(F)(F)F)no1. The van der Waals surface area contributed by atoms with Crippen LogP contribution in [0, 0.1) is 0 Å². The monoisotopic (exact) mass is 193 g/mol. The summed E-state index contributed by atoms with van der Waals surface area (Å²) < 4.78 is 40.1. The molecule has 72 valence electrons. The number of halogens is 3. The predicted octanol–water partition coefficient (Wildman–Crippen LogP) is 1.82. The molecule has 0 saturated heterocycles. The topological polar surface area (TPSA) is 43.1 Å². The zero-order chi connectivity index (χ0) is 10.1. The van der Waals surface area contributed by atoms with Gasteiger partial charge in [0, 0.05) is 6.07 Å². The molecule has 1 rings (SSSR count). The van der Waals surface area contributed by atoms with Crippen LogP contribution in [-0.4, -0.2) is 10.9 Å². The van der Waals surface area contributed by atoms with E-state index in [1.165, 1.54) is 6.92 Å². The second-order valence-electron chi connectivity index (χ2n) is 2.56. The number of hydrogen-bond donors (Lipinski definition) is 0. The first-order valence-corrected chi connectivity index (χ1v) is 3.42. The Morgan fingerprint density at radius 1 is 1.62 bits per heavy atom. The molecule has 0 aromatic carbocycles. The van der Waals surface area contributed by atoms with E-state index < -0.39 is 11.9 Å². The predicted molar refractivity (Wildman–Crippen MR) is 35.9 cm³/mol. The van der Waals surface area contributed by atoms with Gasteiger partial charge in [0.05, 0.1) is 6.42 Å². The van der Waals surface area contributed by atoms with E-state index >= 15 is 0 Å². The zero-order valence-electron chi connectivity index (χ0n) is 6.68. The zero-order valence-corrected chi connectivity index (χ0v) is 6.68. The molecular weight excluding hydrogens is 187 g/mol. The number of alkyl halides is 3. The molecule has 0 N–H and O–H groups in total. The number of nitrogens with zero attached hydrogens (tertiary/aromatic N) is 1. The maximum atomic E-state index is 11.9. The van der Waals surface area contributed by atoms with Gasteiger partial charge in [0.25, 0.3) is 0 Å². The normalized spacial score (nSPS) is 11.7. The minimum absolute atomic E-state index is 0.0696. The molecular formula is C7H6F3NO2. The molecule has 0 unspecified atom stereocenters. The molecule has 0 atom stereocenters. The number of hydrogen-bond acceptors (Lipinski definition) is 3. The first-order chi connectivity index (χ1) is 5.89. The highest BCUT2D eigenvalue weighted by Crippen LogP contribution is 2.28. The van der Waals surface area contributed by atoms with Gasteiger partial charge in [-0.25, -0.2) is 0 Å². The van der Waals surface area contributed by atoms with Crippen LogP contribution in [0.5, 0.6) is 0 Å². The lowest BCUT2D eigenvalue weighted by Crippen LogP contribution is -2.04. The average Bonchev–Trinajstić information content (AvgIpc) is 2.32. The van der Waals surface area contributed by atoms with Gasteiger partial charge < -0.3 is 4.52 Å². The molecule has 1 heterocycles. The van der Waals surface area contributed by atoms with Crippen molar-refractivity contribution in [2.75, 3.05) is 0 Å². The summed E-state index contributed by atoms with van der Waals surface area (Å²) in [5.41, 5.74) is -1.11. The Bertz CT molecular complexity index is 316. The standard InChI is InChI=1S/C7H6F3NO2/c1-4(12)2-5-3-6(11-13-5)7(8,9)10/h3H,2H2,1H3. The van der Waals surface area contributed by atoms with Crippen molar-refractivity contribution in [2.45, 2.75) is 19.5 Å². The first kappa shape index (κ1) is 9.76. The highest BCUT2D eigenvalue weighted by Gasteiger charge is 2.34. The Hall–Kier alpha value is -1.33. The lowest BCUT2D eigenvalue weighted by Gasteiger charge is -1.97. The third-order valence-corrected chi connectivity index (χ3v) is 1.27. The molecule has 3 nitrogen and oxygen atoms in total. The number of aromatic nitrogens is 1. The fourth-order valence-electron chi connectivity index (χ4n) is 0.775. The Kier molecular flexibility index (Phi) is 2.40. The Morgan fingerprint density at radius 3 is 2.62 bits per heavy atom. The number of carbonyl (C=O) groups is 1. The molecule has 1 aromatic rings. The van der Waals surface area contributed by atoms with Gasteiger partial charge >= 0.3 is 6.18 Å². The van der Waals surface area contributed by atoms with Gasteiger partial charge in [-0.15, -0.1) is 0 Å². The second kappa shape index (κ2) is 3.20. The van der Waals surface area contributed by atoms with E-state index in [2.05, 4.69) is 9.68 Å². The molecule has 0 bridgehead atoms. The number of ketones is 1. The smallest absolute Gasteiger partial charge is 0.360 e. The van der Waals surface area contributed by atoms with Gasteiger partial charge in [-0.1, -0.05) is 5.16 Å². The summed E-state index contributed by atoms with van der Waals surface area (Å²) in [4.78, 5) is 10.5. The second-order valence-corrected chi connectivity index (χ2v) is 2.56. The number of rotatable bonds is 2. The summed E-state index contributed by atoms with van der Waals surface area (Å²) in [6.45, 7) is 1.26. The minimum atomic E-state index is -4.52. The third-order valence-electron chi connectivity index (χ3n) is 1.27. The summed E-state index contributed by atoms with van der Waals surface area (Å²) >= 11 is 0. The lowest BCUT2D eigenvalue weighted by molar-refractivity contribution is -0.142. The van der Waals surface area contributed by atoms with E-state index in [0.29, 0.717) is 0 Å². The molecule has 0 saturated carbocycles. The van der Waals surface area contributed by atoms with Crippen molar-refractivity contribution in [1.82, 2.24) is 5.16 Å². The van der Waals surface area contributed by atoms with Crippen molar-refractivity contribution >= 4 is 5.78 Å². The largest absolute Gasteiger partial charge is 0.436 e. The number of Topliss-reactive ketones (excluding diaryl/α,β-unsaturated/α-hetero) is 1. The molecule has 0 amide bonds. The van der Waals surface area contributed by atoms with Crippen molar-refractivity contribution < 1.29 is 22.5 Å². The highest BCUT2D eigenvalue weighted by molar-refractivity contribution is 5.77. The lowest BCUT2D eigenvalue weighted by atomic mass is 10.2. The van der Waals surface area contributed by atoms with Crippen LogP contribution in [0.25, 0.3) is 0 Å². The Labute approximate surface area is 71.5 Å². The van der Waals surface area contributed by atoms with Gasteiger partial charge in [-0.2, -0.15) is 13.2 Å². The molecule has 13 heavy (non-hydrogen) atoms. The van der Waals surface area contributed by atoms with Gasteiger partial charge in [0.2, 0.25) is 0 Å². The van der Waals surface area contributed by atoms with Crippen molar-refractivity contribution in [2.24, 2.45) is 0 Å². The van der Waals surface area contributed by atoms with E-state index in [1.54, 1.807) is 0 Å². The van der Waals surface area contributed by atoms with Gasteiger partial charge in [-0.05, 0) is 6.92 Å². The summed E-state index contributed by atoms with van der Waals surface area (Å²) in [6.07, 6.45) is -4.68. The fraction of sp³-hybridized carbons (Fsp3) is 0.429. The van der Waals surface area contributed by atoms with E-state index in [-0.39, 0.29) is 18.0 Å². The van der Waals surface area contributed by atoms with Gasteiger partial charge in [-0.3, -0.25) is 4.79 Å². The van der Waals surface area contributed by atoms with Crippen LogP contribution in [0.2, 0.25) is 0 Å². The summed E-state index contributed by atoms with van der Waals surface area (Å²) in [5.74, 6) is -0.343. The van der Waals surface area contributed by atoms with E-state index in [9.17, 15) is 18.0 Å². The van der Waals surface area contributed by atoms with Gasteiger partial charge in [0.1, 0.15) is 11.5 Å². The molecule has 0 aliphatic heterocycles. The van der Waals surface area contributed by atoms with E-state index in [4.69, 9.17) is 0 Å².